The van der Waals surface area contributed by atoms with E-state index in [4.69, 9.17) is 5.73 Å². The van der Waals surface area contributed by atoms with Gasteiger partial charge in [-0.1, -0.05) is 6.07 Å². The summed E-state index contributed by atoms with van der Waals surface area (Å²) < 4.78 is 0. The summed E-state index contributed by atoms with van der Waals surface area (Å²) in [5.41, 5.74) is 5.38. The molecule has 2 rings (SSSR count). The van der Waals surface area contributed by atoms with Crippen LogP contribution >= 0.6 is 35.3 Å². The molecule has 0 radical (unpaired) electrons. The summed E-state index contributed by atoms with van der Waals surface area (Å²) in [4.78, 5) is 19.5. The predicted molar refractivity (Wildman–Crippen MR) is 120 cm³/mol. The fraction of sp³-hybridized carbons (Fsp3) is 0.667. The van der Waals surface area contributed by atoms with Crippen LogP contribution in [0.15, 0.2) is 22.5 Å². The lowest BCUT2D eigenvalue weighted by Crippen LogP contribution is -2.39. The molecule has 0 saturated carbocycles. The summed E-state index contributed by atoms with van der Waals surface area (Å²) in [6, 6.07) is 4.17. The molecule has 1 aliphatic heterocycles. The van der Waals surface area contributed by atoms with Gasteiger partial charge in [-0.25, -0.2) is 4.99 Å². The van der Waals surface area contributed by atoms with Crippen LogP contribution in [0.5, 0.6) is 0 Å². The van der Waals surface area contributed by atoms with Crippen molar-refractivity contribution in [2.45, 2.75) is 39.2 Å². The summed E-state index contributed by atoms with van der Waals surface area (Å²) >= 11 is 1.74. The van der Waals surface area contributed by atoms with E-state index in [2.05, 4.69) is 45.0 Å². The molecule has 4 N–H and O–H groups in total. The highest BCUT2D eigenvalue weighted by molar-refractivity contribution is 14.0. The number of aliphatic imine (C=N–C) groups is 1. The van der Waals surface area contributed by atoms with Crippen LogP contribution in [0.2, 0.25) is 0 Å². The van der Waals surface area contributed by atoms with Gasteiger partial charge >= 0.3 is 0 Å². The van der Waals surface area contributed by atoms with Crippen LogP contribution in [0.1, 0.15) is 37.5 Å². The minimum Gasteiger partial charge on any atom is -0.369 e. The second kappa shape index (κ2) is 13.3. The molecule has 0 bridgehead atoms. The van der Waals surface area contributed by atoms with Gasteiger partial charge in [0.1, 0.15) is 0 Å². The molecule has 148 valence electrons. The van der Waals surface area contributed by atoms with Crippen molar-refractivity contribution in [2.24, 2.45) is 16.6 Å². The molecule has 0 unspecified atom stereocenters. The quantitative estimate of drug-likeness (QED) is 0.214. The lowest BCUT2D eigenvalue weighted by molar-refractivity contribution is -0.123. The number of hydrogen-bond donors (Lipinski definition) is 3. The van der Waals surface area contributed by atoms with Crippen LogP contribution in [0, 0.1) is 5.92 Å². The predicted octanol–water partition coefficient (Wildman–Crippen LogP) is 2.40. The van der Waals surface area contributed by atoms with Gasteiger partial charge in [0.15, 0.2) is 5.96 Å². The molecule has 26 heavy (non-hydrogen) atoms. The first-order valence-electron chi connectivity index (χ1n) is 9.25. The maximum atomic E-state index is 11.2. The number of guanidine groups is 1. The van der Waals surface area contributed by atoms with Crippen molar-refractivity contribution >= 4 is 47.2 Å². The largest absolute Gasteiger partial charge is 0.369 e. The van der Waals surface area contributed by atoms with E-state index < -0.39 is 0 Å². The normalized spacial score (nSPS) is 16.1. The number of unbranched alkanes of at least 4 members (excludes halogenated alkanes) is 1. The smallest absolute Gasteiger partial charge is 0.220 e. The van der Waals surface area contributed by atoms with Crippen molar-refractivity contribution in [2.75, 3.05) is 32.7 Å². The summed E-state index contributed by atoms with van der Waals surface area (Å²) in [5.74, 6) is 0.833. The third kappa shape index (κ3) is 8.68. The second-order valence-corrected chi connectivity index (χ2v) is 7.46. The molecule has 0 aliphatic carbocycles. The van der Waals surface area contributed by atoms with Crippen molar-refractivity contribution < 1.29 is 4.79 Å². The molecule has 6 nitrogen and oxygen atoms in total. The molecule has 1 aromatic heterocycles. The highest BCUT2D eigenvalue weighted by atomic mass is 127. The summed E-state index contributed by atoms with van der Waals surface area (Å²) in [6.07, 6.45) is 4.08. The number of rotatable bonds is 9. The molecule has 1 amide bonds. The number of piperidine rings is 1. The Bertz CT molecular complexity index is 530. The number of nitrogens with one attached hydrogen (secondary N) is 2. The van der Waals surface area contributed by atoms with Crippen LogP contribution in [0.4, 0.5) is 0 Å². The number of halogens is 1. The van der Waals surface area contributed by atoms with Crippen molar-refractivity contribution in [3.8, 4) is 0 Å². The number of hydrogen-bond acceptors (Lipinski definition) is 4. The van der Waals surface area contributed by atoms with Gasteiger partial charge in [0, 0.05) is 23.9 Å². The van der Waals surface area contributed by atoms with Crippen molar-refractivity contribution in [1.82, 2.24) is 15.5 Å². The average molecular weight is 493 g/mol. The first-order valence-corrected chi connectivity index (χ1v) is 10.1. The fourth-order valence-corrected chi connectivity index (χ4v) is 3.64. The Hall–Kier alpha value is -0.870. The van der Waals surface area contributed by atoms with Crippen molar-refractivity contribution in [3.05, 3.63) is 22.4 Å². The minimum atomic E-state index is -0.137. The molecule has 8 heteroatoms. The molecule has 2 heterocycles. The standard InChI is InChI=1S/C18H31N5OS.HI/c1-2-20-18(22-14-16-6-5-13-25-16)21-9-3-4-10-23-11-7-15(8-12-23)17(19)24;/h5-6,13,15H,2-4,7-12,14H2,1H3,(H2,19,24)(H2,20,21,22);1H. The van der Waals surface area contributed by atoms with Gasteiger partial charge in [-0.05, 0) is 63.7 Å². The van der Waals surface area contributed by atoms with E-state index in [1.54, 1.807) is 11.3 Å². The van der Waals surface area contributed by atoms with E-state index in [0.29, 0.717) is 0 Å². The SMILES string of the molecule is CCNC(=NCc1cccs1)NCCCCN1CCC(C(N)=O)CC1.I. The molecule has 0 aromatic carbocycles. The van der Waals surface area contributed by atoms with E-state index in [1.165, 1.54) is 4.88 Å². The van der Waals surface area contributed by atoms with E-state index >= 15 is 0 Å². The lowest BCUT2D eigenvalue weighted by atomic mass is 9.96. The zero-order valence-electron chi connectivity index (χ0n) is 15.6. The van der Waals surface area contributed by atoms with Gasteiger partial charge in [-0.15, -0.1) is 35.3 Å². The molecule has 0 atom stereocenters. The van der Waals surface area contributed by atoms with Gasteiger partial charge in [0.2, 0.25) is 5.91 Å². The van der Waals surface area contributed by atoms with E-state index in [-0.39, 0.29) is 35.8 Å². The fourth-order valence-electron chi connectivity index (χ4n) is 3.01. The highest BCUT2D eigenvalue weighted by Gasteiger charge is 2.22. The molecular weight excluding hydrogens is 461 g/mol. The monoisotopic (exact) mass is 493 g/mol. The maximum Gasteiger partial charge on any atom is 0.220 e. The Labute approximate surface area is 178 Å². The molecule has 1 saturated heterocycles. The Morgan fingerprint density at radius 3 is 2.73 bits per heavy atom. The molecule has 1 fully saturated rings. The van der Waals surface area contributed by atoms with Gasteiger partial charge in [-0.2, -0.15) is 0 Å². The molecule has 0 spiro atoms. The van der Waals surface area contributed by atoms with Crippen LogP contribution in [0.25, 0.3) is 0 Å². The topological polar surface area (TPSA) is 82.8 Å². The highest BCUT2D eigenvalue weighted by Crippen LogP contribution is 2.16. The molecular formula is C18H32IN5OS. The van der Waals surface area contributed by atoms with Crippen LogP contribution in [0.3, 0.4) is 0 Å². The molecule has 1 aromatic rings. The third-order valence-electron chi connectivity index (χ3n) is 4.50. The maximum absolute atomic E-state index is 11.2. The Balaban J connectivity index is 0.00000338. The number of amides is 1. The van der Waals surface area contributed by atoms with Gasteiger partial charge in [0.05, 0.1) is 6.54 Å². The summed E-state index contributed by atoms with van der Waals surface area (Å²) in [6.45, 7) is 7.67. The van der Waals surface area contributed by atoms with Crippen LogP contribution < -0.4 is 16.4 Å². The number of likely N-dealkylation sites (tertiary alicyclic amines) is 1. The number of carbonyl (C=O) groups excluding carboxylic acids is 1. The number of primary amides is 1. The first kappa shape index (κ1) is 23.2. The summed E-state index contributed by atoms with van der Waals surface area (Å²) in [5, 5.41) is 8.78. The number of nitrogens with two attached hydrogens (primary N) is 1. The van der Waals surface area contributed by atoms with Crippen LogP contribution in [-0.4, -0.2) is 49.5 Å². The van der Waals surface area contributed by atoms with Gasteiger partial charge < -0.3 is 21.3 Å². The zero-order valence-corrected chi connectivity index (χ0v) is 18.7. The van der Waals surface area contributed by atoms with E-state index in [1.807, 2.05) is 0 Å². The second-order valence-electron chi connectivity index (χ2n) is 6.43. The third-order valence-corrected chi connectivity index (χ3v) is 5.36. The average Bonchev–Trinajstić information content (AvgIpc) is 3.13. The number of carbonyl (C=O) groups is 1. The number of thiophene rings is 1. The number of nitrogens with zero attached hydrogens (tertiary/aromatic N) is 2. The van der Waals surface area contributed by atoms with Gasteiger partial charge in [-0.3, -0.25) is 4.79 Å². The van der Waals surface area contributed by atoms with Gasteiger partial charge in [0.25, 0.3) is 0 Å². The Kier molecular flexibility index (Phi) is 11.9. The first-order chi connectivity index (χ1) is 12.2. The summed E-state index contributed by atoms with van der Waals surface area (Å²) in [7, 11) is 0. The Morgan fingerprint density at radius 2 is 2.12 bits per heavy atom. The minimum absolute atomic E-state index is 0. The van der Waals surface area contributed by atoms with E-state index in [9.17, 15) is 4.79 Å². The lowest BCUT2D eigenvalue weighted by Gasteiger charge is -2.30. The Morgan fingerprint density at radius 1 is 1.35 bits per heavy atom. The molecule has 1 aliphatic rings. The van der Waals surface area contributed by atoms with Crippen LogP contribution in [-0.2, 0) is 11.3 Å². The van der Waals surface area contributed by atoms with Crippen molar-refractivity contribution in [3.63, 3.8) is 0 Å². The van der Waals surface area contributed by atoms with Crippen molar-refractivity contribution in [1.29, 1.82) is 0 Å². The zero-order chi connectivity index (χ0) is 17.9. The van der Waals surface area contributed by atoms with E-state index in [0.717, 1.165) is 70.9 Å².